The van der Waals surface area contributed by atoms with Crippen LogP contribution in [0, 0.1) is 11.7 Å². The second-order valence-electron chi connectivity index (χ2n) is 12.3. The standard InChI is InChI=1S/C38H45FN4O13/c1-5-8-9-10-25(29(6-2)43(21-44)56-38(52)24-14-12-23(53-4)18-27(24)39)34(47)40-20-41-36(49)31-16-15-30(55-31)22-11-13-26(32(17-22)54-7-3)35(48)42-28(37(50)51)19-33(45)46/h11-18,21,25,28-29H,5-10,19-20H2,1-4H3,(H,40,47)(H,41,49)(H,42,48)(H,45,46)(H,50,51)/t25?,28?,29-/m1/s1. The molecule has 5 N–H and O–H groups in total. The first-order valence-electron chi connectivity index (χ1n) is 17.8. The Hall–Kier alpha value is -6.46. The number of carboxylic acids is 2. The average molecular weight is 785 g/mol. The molecule has 2 aromatic carbocycles. The molecule has 0 aliphatic heterocycles. The van der Waals surface area contributed by atoms with Crippen molar-refractivity contribution < 1.29 is 66.9 Å². The Kier molecular flexibility index (Phi) is 16.8. The third kappa shape index (κ3) is 12.0. The molecule has 1 heterocycles. The van der Waals surface area contributed by atoms with Gasteiger partial charge in [0, 0.05) is 11.6 Å². The molecule has 18 heteroatoms. The normalized spacial score (nSPS) is 12.3. The maximum atomic E-state index is 14.6. The van der Waals surface area contributed by atoms with E-state index in [2.05, 4.69) is 16.0 Å². The van der Waals surface area contributed by atoms with Gasteiger partial charge in [0.25, 0.3) is 11.8 Å². The summed E-state index contributed by atoms with van der Waals surface area (Å²) in [6.07, 6.45) is 2.12. The number of amides is 4. The lowest BCUT2D eigenvalue weighted by Crippen LogP contribution is -2.49. The van der Waals surface area contributed by atoms with Crippen molar-refractivity contribution in [2.24, 2.45) is 5.92 Å². The van der Waals surface area contributed by atoms with Crippen molar-refractivity contribution in [3.63, 3.8) is 0 Å². The van der Waals surface area contributed by atoms with Crippen molar-refractivity contribution in [3.8, 4) is 22.8 Å². The number of hydroxylamine groups is 2. The molecule has 56 heavy (non-hydrogen) atoms. The van der Waals surface area contributed by atoms with Gasteiger partial charge in [-0.3, -0.25) is 24.0 Å². The predicted molar refractivity (Wildman–Crippen MR) is 195 cm³/mol. The van der Waals surface area contributed by atoms with Gasteiger partial charge in [-0.05, 0) is 56.2 Å². The average Bonchev–Trinajstić information content (AvgIpc) is 3.67. The molecule has 3 atom stereocenters. The molecule has 1 aromatic heterocycles. The van der Waals surface area contributed by atoms with Crippen molar-refractivity contribution in [2.45, 2.75) is 71.4 Å². The third-order valence-electron chi connectivity index (χ3n) is 8.49. The number of unbranched alkanes of at least 4 members (excludes halogenated alkanes) is 2. The van der Waals surface area contributed by atoms with Crippen molar-refractivity contribution >= 4 is 42.0 Å². The summed E-state index contributed by atoms with van der Waals surface area (Å²) in [5.41, 5.74) is -0.122. The number of carboxylic acid groups (broad SMARTS) is 2. The maximum absolute atomic E-state index is 14.6. The van der Waals surface area contributed by atoms with Crippen LogP contribution in [-0.2, 0) is 24.0 Å². The number of nitrogens with one attached hydrogen (secondary N) is 3. The predicted octanol–water partition coefficient (Wildman–Crippen LogP) is 4.16. The lowest BCUT2D eigenvalue weighted by molar-refractivity contribution is -0.171. The third-order valence-corrected chi connectivity index (χ3v) is 8.49. The molecule has 0 fully saturated rings. The first-order valence-corrected chi connectivity index (χ1v) is 17.8. The van der Waals surface area contributed by atoms with E-state index in [1.165, 1.54) is 43.5 Å². The molecule has 3 rings (SSSR count). The van der Waals surface area contributed by atoms with Gasteiger partial charge < -0.3 is 44.9 Å². The van der Waals surface area contributed by atoms with Crippen LogP contribution < -0.4 is 25.4 Å². The summed E-state index contributed by atoms with van der Waals surface area (Å²) in [5, 5.41) is 26.3. The lowest BCUT2D eigenvalue weighted by Gasteiger charge is -2.31. The summed E-state index contributed by atoms with van der Waals surface area (Å²) >= 11 is 0. The zero-order chi connectivity index (χ0) is 41.4. The van der Waals surface area contributed by atoms with Crippen LogP contribution in [0.1, 0.15) is 90.6 Å². The first kappa shape index (κ1) is 43.9. The molecule has 0 saturated heterocycles. The summed E-state index contributed by atoms with van der Waals surface area (Å²) in [7, 11) is 1.33. The maximum Gasteiger partial charge on any atom is 0.366 e. The van der Waals surface area contributed by atoms with Gasteiger partial charge in [-0.1, -0.05) is 39.2 Å². The highest BCUT2D eigenvalue weighted by Gasteiger charge is 2.34. The van der Waals surface area contributed by atoms with Gasteiger partial charge >= 0.3 is 17.9 Å². The van der Waals surface area contributed by atoms with E-state index in [-0.39, 0.29) is 54.7 Å². The number of carbonyl (C=O) groups excluding carboxylic acids is 5. The molecule has 0 spiro atoms. The molecule has 2 unspecified atom stereocenters. The number of rotatable bonds is 23. The van der Waals surface area contributed by atoms with E-state index in [0.29, 0.717) is 23.5 Å². The summed E-state index contributed by atoms with van der Waals surface area (Å²) in [5.74, 6) is -7.74. The van der Waals surface area contributed by atoms with Crippen LogP contribution in [0.25, 0.3) is 11.3 Å². The van der Waals surface area contributed by atoms with E-state index in [0.717, 1.165) is 25.0 Å². The van der Waals surface area contributed by atoms with Gasteiger partial charge in [0.05, 0.1) is 49.9 Å². The Labute approximate surface area is 321 Å². The highest BCUT2D eigenvalue weighted by Crippen LogP contribution is 2.30. The van der Waals surface area contributed by atoms with Crippen LogP contribution in [0.2, 0.25) is 0 Å². The minimum atomic E-state index is -1.68. The van der Waals surface area contributed by atoms with Crippen molar-refractivity contribution in [3.05, 3.63) is 71.2 Å². The Balaban J connectivity index is 1.70. The number of nitrogens with zero attached hydrogens (tertiary/aromatic N) is 1. The smallest absolute Gasteiger partial charge is 0.366 e. The fourth-order valence-corrected chi connectivity index (χ4v) is 5.65. The molecule has 4 amide bonds. The molecule has 0 aliphatic rings. The lowest BCUT2D eigenvalue weighted by atomic mass is 9.90. The van der Waals surface area contributed by atoms with Crippen LogP contribution in [0.15, 0.2) is 52.9 Å². The SMILES string of the molecule is CCCCCC(C(=O)NCNC(=O)c1ccc(-c2ccc(C(=O)NC(CC(=O)O)C(=O)O)c(OCC)c2)o1)[C@@H](CC)N(C=O)OC(=O)c1ccc(OC)cc1F. The molecule has 0 radical (unpaired) electrons. The Bertz CT molecular complexity index is 1880. The summed E-state index contributed by atoms with van der Waals surface area (Å²) in [6, 6.07) is 7.97. The summed E-state index contributed by atoms with van der Waals surface area (Å²) in [4.78, 5) is 92.1. The fraction of sp³-hybridized carbons (Fsp3) is 0.395. The molecular formula is C38H45FN4O13. The van der Waals surface area contributed by atoms with Gasteiger partial charge in [-0.15, -0.1) is 0 Å². The van der Waals surface area contributed by atoms with E-state index in [9.17, 15) is 43.1 Å². The monoisotopic (exact) mass is 784 g/mol. The number of hydrogen-bond donors (Lipinski definition) is 5. The zero-order valence-corrected chi connectivity index (χ0v) is 31.3. The van der Waals surface area contributed by atoms with Crippen LogP contribution in [0.4, 0.5) is 4.39 Å². The van der Waals surface area contributed by atoms with Gasteiger partial charge in [0.1, 0.15) is 29.1 Å². The van der Waals surface area contributed by atoms with Gasteiger partial charge in [0.2, 0.25) is 12.3 Å². The first-order chi connectivity index (χ1) is 26.8. The number of ether oxygens (including phenoxy) is 2. The van der Waals surface area contributed by atoms with Crippen LogP contribution in [0.3, 0.4) is 0 Å². The molecule has 0 bridgehead atoms. The van der Waals surface area contributed by atoms with Crippen LogP contribution in [-0.4, -0.2) is 89.8 Å². The zero-order valence-electron chi connectivity index (χ0n) is 31.3. The van der Waals surface area contributed by atoms with E-state index >= 15 is 0 Å². The number of aliphatic carboxylic acids is 2. The quantitative estimate of drug-likeness (QED) is 0.0393. The second-order valence-corrected chi connectivity index (χ2v) is 12.3. The minimum Gasteiger partial charge on any atom is -0.497 e. The fourth-order valence-electron chi connectivity index (χ4n) is 5.65. The summed E-state index contributed by atoms with van der Waals surface area (Å²) < 4.78 is 30.8. The largest absolute Gasteiger partial charge is 0.497 e. The van der Waals surface area contributed by atoms with Crippen molar-refractivity contribution in [1.82, 2.24) is 21.0 Å². The Morgan fingerprint density at radius 1 is 0.929 bits per heavy atom. The number of methoxy groups -OCH3 is 1. The molecular weight excluding hydrogens is 739 g/mol. The highest BCUT2D eigenvalue weighted by atomic mass is 19.1. The van der Waals surface area contributed by atoms with Gasteiger partial charge in [-0.25, -0.2) is 14.0 Å². The van der Waals surface area contributed by atoms with Crippen molar-refractivity contribution in [2.75, 3.05) is 20.4 Å². The molecule has 3 aromatic rings. The number of hydrogen-bond acceptors (Lipinski definition) is 11. The Morgan fingerprint density at radius 3 is 2.27 bits per heavy atom. The van der Waals surface area contributed by atoms with Crippen LogP contribution in [0.5, 0.6) is 11.5 Å². The van der Waals surface area contributed by atoms with Crippen molar-refractivity contribution in [1.29, 1.82) is 0 Å². The Morgan fingerprint density at radius 2 is 1.66 bits per heavy atom. The molecule has 302 valence electrons. The van der Waals surface area contributed by atoms with E-state index in [1.54, 1.807) is 13.8 Å². The molecule has 17 nitrogen and oxygen atoms in total. The molecule has 0 saturated carbocycles. The van der Waals surface area contributed by atoms with Gasteiger partial charge in [-0.2, -0.15) is 5.06 Å². The highest BCUT2D eigenvalue weighted by molar-refractivity contribution is 6.00. The minimum absolute atomic E-state index is 0.0433. The van der Waals surface area contributed by atoms with E-state index < -0.39 is 71.4 Å². The topological polar surface area (TPSA) is 240 Å². The van der Waals surface area contributed by atoms with Gasteiger partial charge in [0.15, 0.2) is 5.76 Å². The summed E-state index contributed by atoms with van der Waals surface area (Å²) in [6.45, 7) is 5.10. The van der Waals surface area contributed by atoms with E-state index in [4.69, 9.17) is 23.8 Å². The number of carbonyl (C=O) groups is 7. The number of halogens is 1. The second kappa shape index (κ2) is 21.4. The molecule has 0 aliphatic carbocycles. The van der Waals surface area contributed by atoms with Crippen LogP contribution >= 0.6 is 0 Å². The number of benzene rings is 2. The van der Waals surface area contributed by atoms with E-state index in [1.807, 2.05) is 6.92 Å². The number of furan rings is 1.